The second kappa shape index (κ2) is 5.43. The van der Waals surface area contributed by atoms with Crippen LogP contribution in [0.3, 0.4) is 0 Å². The Kier molecular flexibility index (Phi) is 3.84. The van der Waals surface area contributed by atoms with Crippen molar-refractivity contribution >= 4 is 11.9 Å². The molecule has 0 fully saturated rings. The molecule has 21 heavy (non-hydrogen) atoms. The molecule has 1 N–H and O–H groups in total. The molecule has 1 amide bonds. The van der Waals surface area contributed by atoms with Crippen LogP contribution < -0.4 is 0 Å². The summed E-state index contributed by atoms with van der Waals surface area (Å²) in [4.78, 5) is 24.6. The summed E-state index contributed by atoms with van der Waals surface area (Å²) in [6, 6.07) is 5.00. The second-order valence-electron chi connectivity index (χ2n) is 5.20. The van der Waals surface area contributed by atoms with E-state index in [4.69, 9.17) is 9.52 Å². The largest absolute Gasteiger partial charge is 0.480 e. The topological polar surface area (TPSA) is 88.6 Å². The molecule has 112 valence electrons. The van der Waals surface area contributed by atoms with Crippen LogP contribution in [0.2, 0.25) is 0 Å². The fourth-order valence-electron chi connectivity index (χ4n) is 1.69. The molecule has 0 atom stereocenters. The number of hydrogen-bond donors (Lipinski definition) is 1. The van der Waals surface area contributed by atoms with E-state index >= 15 is 0 Å². The van der Waals surface area contributed by atoms with Crippen molar-refractivity contribution in [3.63, 3.8) is 0 Å². The fourth-order valence-corrected chi connectivity index (χ4v) is 1.69. The molecule has 0 spiro atoms. The molecule has 0 aliphatic carbocycles. The number of hydrogen-bond acceptors (Lipinski definition) is 4. The van der Waals surface area contributed by atoms with Gasteiger partial charge in [0.25, 0.3) is 5.91 Å². The zero-order valence-corrected chi connectivity index (χ0v) is 12.1. The van der Waals surface area contributed by atoms with E-state index in [0.717, 1.165) is 4.90 Å². The van der Waals surface area contributed by atoms with Crippen LogP contribution in [0, 0.1) is 0 Å². The van der Waals surface area contributed by atoms with Crippen molar-refractivity contribution in [3.8, 4) is 0 Å². The van der Waals surface area contributed by atoms with Crippen LogP contribution in [-0.2, 0) is 11.3 Å². The van der Waals surface area contributed by atoms with Gasteiger partial charge in [0.2, 0.25) is 0 Å². The van der Waals surface area contributed by atoms with Crippen molar-refractivity contribution in [3.05, 3.63) is 42.1 Å². The lowest BCUT2D eigenvalue weighted by Crippen LogP contribution is -2.50. The van der Waals surface area contributed by atoms with Crippen LogP contribution in [0.4, 0.5) is 0 Å². The van der Waals surface area contributed by atoms with Crippen LogP contribution in [0.1, 0.15) is 30.2 Å². The summed E-state index contributed by atoms with van der Waals surface area (Å²) in [7, 11) is 1.44. The molecule has 0 aliphatic rings. The molecule has 7 heteroatoms. The monoisotopic (exact) mass is 291 g/mol. The summed E-state index contributed by atoms with van der Waals surface area (Å²) in [5.41, 5.74) is -1.31. The van der Waals surface area contributed by atoms with Gasteiger partial charge in [-0.1, -0.05) is 0 Å². The van der Waals surface area contributed by atoms with Gasteiger partial charge in [0.15, 0.2) is 5.76 Å². The highest BCUT2D eigenvalue weighted by Crippen LogP contribution is 2.18. The molecule has 0 saturated carbocycles. The van der Waals surface area contributed by atoms with Crippen molar-refractivity contribution in [2.45, 2.75) is 25.9 Å². The Labute approximate surface area is 121 Å². The lowest BCUT2D eigenvalue weighted by molar-refractivity contribution is -0.147. The maximum atomic E-state index is 12.3. The van der Waals surface area contributed by atoms with E-state index in [1.807, 2.05) is 0 Å². The number of aliphatic carboxylic acids is 1. The number of carboxylic acid groups (broad SMARTS) is 1. The van der Waals surface area contributed by atoms with Crippen LogP contribution in [0.5, 0.6) is 0 Å². The highest BCUT2D eigenvalue weighted by atomic mass is 16.4. The van der Waals surface area contributed by atoms with Crippen molar-refractivity contribution in [1.82, 2.24) is 14.7 Å². The van der Waals surface area contributed by atoms with Crippen molar-refractivity contribution < 1.29 is 19.1 Å². The van der Waals surface area contributed by atoms with Gasteiger partial charge in [0.05, 0.1) is 6.54 Å². The molecule has 2 heterocycles. The molecule has 7 nitrogen and oxygen atoms in total. The summed E-state index contributed by atoms with van der Waals surface area (Å²) < 4.78 is 7.13. The van der Waals surface area contributed by atoms with Gasteiger partial charge in [-0.25, -0.2) is 4.79 Å². The number of rotatable bonds is 5. The summed E-state index contributed by atoms with van der Waals surface area (Å²) in [5, 5.41) is 13.2. The number of carbonyl (C=O) groups is 2. The van der Waals surface area contributed by atoms with E-state index in [0.29, 0.717) is 12.3 Å². The second-order valence-corrected chi connectivity index (χ2v) is 5.20. The molecule has 0 saturated heterocycles. The Balaban J connectivity index is 2.14. The van der Waals surface area contributed by atoms with Gasteiger partial charge in [-0.2, -0.15) is 5.10 Å². The number of amides is 1. The number of likely N-dealkylation sites (N-methyl/N-ethyl adjacent to an activating group) is 1. The van der Waals surface area contributed by atoms with Crippen LogP contribution in [-0.4, -0.2) is 44.3 Å². The molecule has 0 unspecified atom stereocenters. The normalized spacial score (nSPS) is 11.4. The zero-order valence-electron chi connectivity index (χ0n) is 12.1. The van der Waals surface area contributed by atoms with Gasteiger partial charge in [-0.3, -0.25) is 9.48 Å². The predicted octanol–water partition coefficient (Wildman–Crippen LogP) is 1.46. The van der Waals surface area contributed by atoms with E-state index in [9.17, 15) is 9.59 Å². The average Bonchev–Trinajstić information content (AvgIpc) is 3.09. The Hall–Kier alpha value is -2.57. The first-order valence-electron chi connectivity index (χ1n) is 6.40. The van der Waals surface area contributed by atoms with Crippen LogP contribution in [0.25, 0.3) is 0 Å². The smallest absolute Gasteiger partial charge is 0.329 e. The SMILES string of the molecule is CN(C(=O)c1ccc(Cn2cccn2)o1)C(C)(C)C(=O)O. The van der Waals surface area contributed by atoms with E-state index in [1.54, 1.807) is 29.2 Å². The lowest BCUT2D eigenvalue weighted by atomic mass is 10.0. The number of nitrogens with zero attached hydrogens (tertiary/aromatic N) is 3. The third-order valence-corrected chi connectivity index (χ3v) is 3.42. The average molecular weight is 291 g/mol. The van der Waals surface area contributed by atoms with Crippen LogP contribution >= 0.6 is 0 Å². The Morgan fingerprint density at radius 2 is 2.14 bits per heavy atom. The molecule has 2 aromatic rings. The van der Waals surface area contributed by atoms with Gasteiger partial charge < -0.3 is 14.4 Å². The van der Waals surface area contributed by atoms with Gasteiger partial charge in [-0.05, 0) is 32.0 Å². The van der Waals surface area contributed by atoms with Gasteiger partial charge in [-0.15, -0.1) is 0 Å². The summed E-state index contributed by atoms with van der Waals surface area (Å²) in [6.07, 6.45) is 3.43. The highest BCUT2D eigenvalue weighted by molar-refractivity contribution is 5.95. The van der Waals surface area contributed by atoms with Crippen molar-refractivity contribution in [2.24, 2.45) is 0 Å². The van der Waals surface area contributed by atoms with Gasteiger partial charge in [0.1, 0.15) is 11.3 Å². The lowest BCUT2D eigenvalue weighted by Gasteiger charge is -2.30. The third kappa shape index (κ3) is 2.96. The van der Waals surface area contributed by atoms with E-state index in [1.165, 1.54) is 27.0 Å². The van der Waals surface area contributed by atoms with Gasteiger partial charge in [0, 0.05) is 19.4 Å². The highest BCUT2D eigenvalue weighted by Gasteiger charge is 2.36. The molecule has 2 aromatic heterocycles. The van der Waals surface area contributed by atoms with Crippen molar-refractivity contribution in [1.29, 1.82) is 0 Å². The minimum absolute atomic E-state index is 0.106. The quantitative estimate of drug-likeness (QED) is 0.901. The molecule has 0 radical (unpaired) electrons. The predicted molar refractivity (Wildman–Crippen MR) is 73.8 cm³/mol. The van der Waals surface area contributed by atoms with Gasteiger partial charge >= 0.3 is 5.97 Å². The third-order valence-electron chi connectivity index (χ3n) is 3.42. The summed E-state index contributed by atoms with van der Waals surface area (Å²) >= 11 is 0. The number of aromatic nitrogens is 2. The molecule has 0 aromatic carbocycles. The zero-order chi connectivity index (χ0) is 15.6. The van der Waals surface area contributed by atoms with E-state index < -0.39 is 17.4 Å². The van der Waals surface area contributed by atoms with E-state index in [2.05, 4.69) is 5.10 Å². The maximum Gasteiger partial charge on any atom is 0.329 e. The Bertz CT molecular complexity index is 643. The number of carbonyl (C=O) groups excluding carboxylic acids is 1. The first-order chi connectivity index (χ1) is 9.82. The maximum absolute atomic E-state index is 12.3. The Morgan fingerprint density at radius 1 is 1.43 bits per heavy atom. The molecule has 0 aliphatic heterocycles. The molecule has 2 rings (SSSR count). The van der Waals surface area contributed by atoms with Crippen molar-refractivity contribution in [2.75, 3.05) is 7.05 Å². The van der Waals surface area contributed by atoms with E-state index in [-0.39, 0.29) is 5.76 Å². The molecule has 0 bridgehead atoms. The minimum atomic E-state index is -1.31. The fraction of sp³-hybridized carbons (Fsp3) is 0.357. The van der Waals surface area contributed by atoms with Crippen LogP contribution in [0.15, 0.2) is 35.0 Å². The molecular formula is C14H17N3O4. The first kappa shape index (κ1) is 14.8. The molecular weight excluding hydrogens is 274 g/mol. The number of furan rings is 1. The first-order valence-corrected chi connectivity index (χ1v) is 6.40. The summed E-state index contributed by atoms with van der Waals surface area (Å²) in [6.45, 7) is 3.33. The number of carboxylic acids is 1. The Morgan fingerprint density at radius 3 is 2.71 bits per heavy atom. The minimum Gasteiger partial charge on any atom is -0.480 e. The standard InChI is InChI=1S/C14H17N3O4/c1-14(2,13(19)20)16(3)12(18)11-6-5-10(21-11)9-17-8-4-7-15-17/h4-8H,9H2,1-3H3,(H,19,20). The summed E-state index contributed by atoms with van der Waals surface area (Å²) in [5.74, 6) is -0.881.